The average Bonchev–Trinajstić information content (AvgIpc) is 3.26. The van der Waals surface area contributed by atoms with Gasteiger partial charge >= 0.3 is 5.97 Å². The van der Waals surface area contributed by atoms with Crippen LogP contribution in [0.15, 0.2) is 36.4 Å². The van der Waals surface area contributed by atoms with Crippen LogP contribution in [0.2, 0.25) is 0 Å². The second-order valence-corrected chi connectivity index (χ2v) is 11.8. The Bertz CT molecular complexity index is 1120. The van der Waals surface area contributed by atoms with Crippen molar-refractivity contribution in [1.82, 2.24) is 0 Å². The molecule has 5 heteroatoms. The first-order valence-corrected chi connectivity index (χ1v) is 13.5. The third-order valence-electron chi connectivity index (χ3n) is 9.30. The second kappa shape index (κ2) is 9.74. The molecule has 5 rings (SSSR count). The van der Waals surface area contributed by atoms with Gasteiger partial charge in [-0.2, -0.15) is 0 Å². The maximum absolute atomic E-state index is 11.9. The van der Waals surface area contributed by atoms with Crippen molar-refractivity contribution in [2.75, 3.05) is 20.3 Å². The van der Waals surface area contributed by atoms with E-state index in [1.807, 2.05) is 6.07 Å². The van der Waals surface area contributed by atoms with Crippen LogP contribution in [0.1, 0.15) is 81.0 Å². The summed E-state index contributed by atoms with van der Waals surface area (Å²) in [6.07, 6.45) is 6.66. The number of carbonyl (C=O) groups is 1. The summed E-state index contributed by atoms with van der Waals surface area (Å²) in [7, 11) is 1.69. The molecular formula is C31H40O5. The Kier molecular flexibility index (Phi) is 6.80. The molecule has 0 heterocycles. The summed E-state index contributed by atoms with van der Waals surface area (Å²) < 4.78 is 17.6. The van der Waals surface area contributed by atoms with Crippen molar-refractivity contribution >= 4 is 5.97 Å². The highest BCUT2D eigenvalue weighted by atomic mass is 16.5. The molecule has 0 aliphatic heterocycles. The largest absolute Gasteiger partial charge is 0.491 e. The van der Waals surface area contributed by atoms with E-state index in [1.165, 1.54) is 36.0 Å². The molecule has 3 aliphatic rings. The van der Waals surface area contributed by atoms with Crippen LogP contribution in [0.5, 0.6) is 11.5 Å². The lowest BCUT2D eigenvalue weighted by Crippen LogP contribution is -2.22. The molecule has 4 atom stereocenters. The maximum Gasteiger partial charge on any atom is 0.307 e. The predicted octanol–water partition coefficient (Wildman–Crippen LogP) is 6.51. The van der Waals surface area contributed by atoms with E-state index in [9.17, 15) is 9.90 Å². The van der Waals surface area contributed by atoms with Crippen LogP contribution in [0.4, 0.5) is 0 Å². The zero-order valence-corrected chi connectivity index (χ0v) is 22.1. The van der Waals surface area contributed by atoms with Crippen LogP contribution in [0.25, 0.3) is 0 Å². The Morgan fingerprint density at radius 2 is 1.89 bits per heavy atom. The highest BCUT2D eigenvalue weighted by Gasteiger charge is 2.67. The molecular weight excluding hydrogens is 452 g/mol. The normalized spacial score (nSPS) is 28.1. The molecule has 3 unspecified atom stereocenters. The number of benzene rings is 2. The Morgan fingerprint density at radius 1 is 1.06 bits per heavy atom. The Labute approximate surface area is 215 Å². The molecule has 0 bridgehead atoms. The van der Waals surface area contributed by atoms with Crippen LogP contribution < -0.4 is 9.47 Å². The van der Waals surface area contributed by atoms with Gasteiger partial charge in [0.1, 0.15) is 24.7 Å². The number of carboxylic acids is 1. The first-order valence-electron chi connectivity index (χ1n) is 13.5. The standard InChI is InChI=1S/C31H40O5/c1-20-28(29(32)33)31(20)14-5-7-22-10-11-23(18-26(22)31)36-19-21-9-12-27(35-16-15-34-4)24(17-21)25-8-6-13-30(25,2)3/h9-12,17-18,20,25,28H,5-8,13-16,19H2,1-4H3,(H,32,33)/t20-,25?,28?,31?/m0/s1. The lowest BCUT2D eigenvalue weighted by atomic mass is 9.77. The highest BCUT2D eigenvalue weighted by molar-refractivity contribution is 5.79. The number of rotatable bonds is 9. The van der Waals surface area contributed by atoms with Crippen LogP contribution >= 0.6 is 0 Å². The van der Waals surface area contributed by atoms with Gasteiger partial charge in [-0.25, -0.2) is 0 Å². The molecule has 1 spiro atoms. The van der Waals surface area contributed by atoms with Gasteiger partial charge in [0.15, 0.2) is 0 Å². The molecule has 2 fully saturated rings. The number of carboxylic acid groups (broad SMARTS) is 1. The van der Waals surface area contributed by atoms with E-state index < -0.39 is 5.97 Å². The van der Waals surface area contributed by atoms with Crippen LogP contribution in [-0.2, 0) is 28.0 Å². The third kappa shape index (κ3) is 4.40. The number of fused-ring (bicyclic) bond motifs is 2. The van der Waals surface area contributed by atoms with E-state index in [-0.39, 0.29) is 22.7 Å². The fourth-order valence-corrected chi connectivity index (χ4v) is 7.26. The summed E-state index contributed by atoms with van der Waals surface area (Å²) in [5.74, 6) is 1.46. The SMILES string of the molecule is COCCOc1ccc(COc2ccc3c(c2)C2(CCC3)C(C(=O)O)[C@@H]2C)cc1C1CCCC1(C)C. The van der Waals surface area contributed by atoms with Crippen molar-refractivity contribution in [3.63, 3.8) is 0 Å². The van der Waals surface area contributed by atoms with Crippen LogP contribution in [0, 0.1) is 17.3 Å². The zero-order valence-electron chi connectivity index (χ0n) is 22.1. The van der Waals surface area contributed by atoms with Gasteiger partial charge in [0.25, 0.3) is 0 Å². The van der Waals surface area contributed by atoms with Crippen LogP contribution in [-0.4, -0.2) is 31.4 Å². The van der Waals surface area contributed by atoms with Crippen molar-refractivity contribution in [3.05, 3.63) is 58.7 Å². The van der Waals surface area contributed by atoms with Crippen molar-refractivity contribution in [2.24, 2.45) is 17.3 Å². The van der Waals surface area contributed by atoms with Gasteiger partial charge in [-0.3, -0.25) is 4.79 Å². The van der Waals surface area contributed by atoms with Gasteiger partial charge < -0.3 is 19.3 Å². The summed E-state index contributed by atoms with van der Waals surface area (Å²) in [5.41, 5.74) is 4.90. The van der Waals surface area contributed by atoms with Crippen molar-refractivity contribution in [3.8, 4) is 11.5 Å². The molecule has 0 amide bonds. The summed E-state index contributed by atoms with van der Waals surface area (Å²) in [6, 6.07) is 12.8. The van der Waals surface area contributed by atoms with E-state index in [0.29, 0.717) is 25.7 Å². The smallest absolute Gasteiger partial charge is 0.307 e. The molecule has 2 aromatic rings. The molecule has 5 nitrogen and oxygen atoms in total. The molecule has 0 saturated heterocycles. The minimum absolute atomic E-state index is 0.173. The number of hydrogen-bond donors (Lipinski definition) is 1. The van der Waals surface area contributed by atoms with Crippen molar-refractivity contribution < 1.29 is 24.1 Å². The fourth-order valence-electron chi connectivity index (χ4n) is 7.26. The van der Waals surface area contributed by atoms with Crippen LogP contribution in [0.3, 0.4) is 0 Å². The number of hydrogen-bond acceptors (Lipinski definition) is 4. The summed E-state index contributed by atoms with van der Waals surface area (Å²) >= 11 is 0. The number of aryl methyl sites for hydroxylation is 1. The Morgan fingerprint density at radius 3 is 2.58 bits per heavy atom. The minimum Gasteiger partial charge on any atom is -0.491 e. The van der Waals surface area contributed by atoms with E-state index >= 15 is 0 Å². The van der Waals surface area contributed by atoms with Gasteiger partial charge in [0.2, 0.25) is 0 Å². The van der Waals surface area contributed by atoms with E-state index in [4.69, 9.17) is 14.2 Å². The molecule has 194 valence electrons. The van der Waals surface area contributed by atoms with Gasteiger partial charge in [0, 0.05) is 12.5 Å². The average molecular weight is 493 g/mol. The zero-order chi connectivity index (χ0) is 25.5. The first kappa shape index (κ1) is 25.1. The van der Waals surface area contributed by atoms with E-state index in [2.05, 4.69) is 51.1 Å². The maximum atomic E-state index is 11.9. The topological polar surface area (TPSA) is 65.0 Å². The molecule has 3 aliphatic carbocycles. The van der Waals surface area contributed by atoms with Crippen molar-refractivity contribution in [2.45, 2.75) is 77.2 Å². The molecule has 0 radical (unpaired) electrons. The predicted molar refractivity (Wildman–Crippen MR) is 140 cm³/mol. The van der Waals surface area contributed by atoms with Crippen molar-refractivity contribution in [1.29, 1.82) is 0 Å². The molecule has 2 aromatic carbocycles. The minimum atomic E-state index is -0.670. The molecule has 0 aromatic heterocycles. The van der Waals surface area contributed by atoms with E-state index in [1.54, 1.807) is 7.11 Å². The lowest BCUT2D eigenvalue weighted by molar-refractivity contribution is -0.139. The third-order valence-corrected chi connectivity index (χ3v) is 9.30. The molecule has 36 heavy (non-hydrogen) atoms. The summed E-state index contributed by atoms with van der Waals surface area (Å²) in [6.45, 7) is 8.39. The highest BCUT2D eigenvalue weighted by Crippen LogP contribution is 2.65. The quantitative estimate of drug-likeness (QED) is 0.404. The lowest BCUT2D eigenvalue weighted by Gasteiger charge is -2.29. The number of methoxy groups -OCH3 is 1. The monoisotopic (exact) mass is 492 g/mol. The summed E-state index contributed by atoms with van der Waals surface area (Å²) in [4.78, 5) is 11.9. The second-order valence-electron chi connectivity index (χ2n) is 11.8. The summed E-state index contributed by atoms with van der Waals surface area (Å²) in [5, 5.41) is 9.78. The van der Waals surface area contributed by atoms with Gasteiger partial charge in [-0.05, 0) is 95.9 Å². The Hall–Kier alpha value is -2.53. The van der Waals surface area contributed by atoms with E-state index in [0.717, 1.165) is 36.3 Å². The fraction of sp³-hybridized carbons (Fsp3) is 0.581. The molecule has 2 saturated carbocycles. The Balaban J connectivity index is 1.36. The molecule has 1 N–H and O–H groups in total. The van der Waals surface area contributed by atoms with Gasteiger partial charge in [0.05, 0.1) is 12.5 Å². The number of ether oxygens (including phenoxy) is 3. The number of aliphatic carboxylic acids is 1. The van der Waals surface area contributed by atoms with Gasteiger partial charge in [-0.15, -0.1) is 0 Å². The van der Waals surface area contributed by atoms with Gasteiger partial charge in [-0.1, -0.05) is 39.3 Å². The first-order chi connectivity index (χ1) is 17.3.